The molecule has 0 atom stereocenters. The third-order valence-corrected chi connectivity index (χ3v) is 2.36. The summed E-state index contributed by atoms with van der Waals surface area (Å²) in [5.74, 6) is -0.274. The smallest absolute Gasteiger partial charge is 0.141 e. The van der Waals surface area contributed by atoms with Crippen molar-refractivity contribution in [3.05, 3.63) is 29.8 Å². The second kappa shape index (κ2) is 6.07. The third-order valence-electron chi connectivity index (χ3n) is 2.36. The number of halogens is 1. The monoisotopic (exact) mass is 239 g/mol. The molecule has 0 unspecified atom stereocenters. The maximum absolute atomic E-state index is 12.9. The van der Waals surface area contributed by atoms with Crippen molar-refractivity contribution in [2.45, 2.75) is 32.9 Å². The molecule has 0 spiro atoms. The number of nitrogens with one attached hydrogen (secondary N) is 1. The number of hydrogen-bond donors (Lipinski definition) is 1. The zero-order valence-electron chi connectivity index (χ0n) is 11.1. The molecule has 0 aliphatic heterocycles. The fraction of sp³-hybridized carbons (Fsp3) is 0.615. The molecular formula is C13H22FN3. The summed E-state index contributed by atoms with van der Waals surface area (Å²) in [5.41, 5.74) is 1.05. The van der Waals surface area contributed by atoms with Gasteiger partial charge < -0.3 is 10.2 Å². The SMILES string of the molecule is CN(CCNC(C)(C)C)Cc1cncc(F)c1. The van der Waals surface area contributed by atoms with Gasteiger partial charge in [-0.2, -0.15) is 0 Å². The van der Waals surface area contributed by atoms with Gasteiger partial charge in [-0.05, 0) is 39.4 Å². The highest BCUT2D eigenvalue weighted by Gasteiger charge is 2.08. The Morgan fingerprint density at radius 2 is 2.06 bits per heavy atom. The Balaban J connectivity index is 2.32. The van der Waals surface area contributed by atoms with Crippen LogP contribution in [0.3, 0.4) is 0 Å². The van der Waals surface area contributed by atoms with E-state index in [-0.39, 0.29) is 11.4 Å². The highest BCUT2D eigenvalue weighted by molar-refractivity contribution is 5.09. The van der Waals surface area contributed by atoms with Gasteiger partial charge in [-0.15, -0.1) is 0 Å². The van der Waals surface area contributed by atoms with Gasteiger partial charge in [-0.25, -0.2) is 4.39 Å². The van der Waals surface area contributed by atoms with Crippen LogP contribution in [-0.4, -0.2) is 35.6 Å². The normalized spacial score (nSPS) is 12.1. The molecule has 3 nitrogen and oxygen atoms in total. The molecule has 1 heterocycles. The molecule has 1 aromatic rings. The summed E-state index contributed by atoms with van der Waals surface area (Å²) in [4.78, 5) is 5.99. The van der Waals surface area contributed by atoms with Crippen molar-refractivity contribution < 1.29 is 4.39 Å². The number of hydrogen-bond acceptors (Lipinski definition) is 3. The van der Waals surface area contributed by atoms with Crippen LogP contribution in [0.5, 0.6) is 0 Å². The highest BCUT2D eigenvalue weighted by atomic mass is 19.1. The fourth-order valence-electron chi connectivity index (χ4n) is 1.55. The van der Waals surface area contributed by atoms with Gasteiger partial charge in [0.15, 0.2) is 0 Å². The molecular weight excluding hydrogens is 217 g/mol. The van der Waals surface area contributed by atoms with Crippen LogP contribution in [0.1, 0.15) is 26.3 Å². The van der Waals surface area contributed by atoms with E-state index >= 15 is 0 Å². The van der Waals surface area contributed by atoms with Crippen LogP contribution in [0.4, 0.5) is 4.39 Å². The van der Waals surface area contributed by atoms with Crippen molar-refractivity contribution in [2.24, 2.45) is 0 Å². The number of rotatable bonds is 5. The number of nitrogens with zero attached hydrogens (tertiary/aromatic N) is 2. The molecule has 1 N–H and O–H groups in total. The Morgan fingerprint density at radius 1 is 1.35 bits per heavy atom. The summed E-state index contributed by atoms with van der Waals surface area (Å²) < 4.78 is 12.9. The molecule has 0 aliphatic carbocycles. The van der Waals surface area contributed by atoms with Gasteiger partial charge in [-0.3, -0.25) is 4.98 Å². The van der Waals surface area contributed by atoms with Crippen LogP contribution >= 0.6 is 0 Å². The second-order valence-electron chi connectivity index (χ2n) is 5.43. The quantitative estimate of drug-likeness (QED) is 0.852. The molecule has 0 aliphatic rings. The summed E-state index contributed by atoms with van der Waals surface area (Å²) >= 11 is 0. The Labute approximate surface area is 103 Å². The molecule has 0 bridgehead atoms. The van der Waals surface area contributed by atoms with Gasteiger partial charge in [0.2, 0.25) is 0 Å². The average Bonchev–Trinajstić information content (AvgIpc) is 2.15. The number of pyridine rings is 1. The first-order valence-corrected chi connectivity index (χ1v) is 5.90. The van der Waals surface area contributed by atoms with Crippen LogP contribution in [0.25, 0.3) is 0 Å². The zero-order chi connectivity index (χ0) is 12.9. The average molecular weight is 239 g/mol. The molecule has 4 heteroatoms. The lowest BCUT2D eigenvalue weighted by molar-refractivity contribution is 0.302. The topological polar surface area (TPSA) is 28.2 Å². The number of likely N-dealkylation sites (N-methyl/N-ethyl adjacent to an activating group) is 1. The minimum absolute atomic E-state index is 0.140. The van der Waals surface area contributed by atoms with Crippen molar-refractivity contribution in [3.63, 3.8) is 0 Å². The first kappa shape index (κ1) is 14.1. The lowest BCUT2D eigenvalue weighted by Crippen LogP contribution is -2.40. The first-order valence-electron chi connectivity index (χ1n) is 5.90. The summed E-state index contributed by atoms with van der Waals surface area (Å²) in [6.45, 7) is 8.99. The van der Waals surface area contributed by atoms with Crippen LogP contribution in [0, 0.1) is 5.82 Å². The second-order valence-corrected chi connectivity index (χ2v) is 5.43. The zero-order valence-corrected chi connectivity index (χ0v) is 11.1. The molecule has 0 radical (unpaired) electrons. The molecule has 96 valence electrons. The van der Waals surface area contributed by atoms with Gasteiger partial charge in [-0.1, -0.05) is 0 Å². The molecule has 0 fully saturated rings. The molecule has 0 aromatic carbocycles. The van der Waals surface area contributed by atoms with Crippen molar-refractivity contribution in [1.29, 1.82) is 0 Å². The lowest BCUT2D eigenvalue weighted by atomic mass is 10.1. The largest absolute Gasteiger partial charge is 0.311 e. The van der Waals surface area contributed by atoms with E-state index in [1.54, 1.807) is 6.20 Å². The minimum atomic E-state index is -0.274. The molecule has 0 amide bonds. The Kier molecular flexibility index (Phi) is 5.02. The minimum Gasteiger partial charge on any atom is -0.311 e. The van der Waals surface area contributed by atoms with Crippen molar-refractivity contribution in [3.8, 4) is 0 Å². The van der Waals surface area contributed by atoms with Gasteiger partial charge >= 0.3 is 0 Å². The van der Waals surface area contributed by atoms with E-state index in [4.69, 9.17) is 0 Å². The van der Waals surface area contributed by atoms with Gasteiger partial charge in [0.1, 0.15) is 5.82 Å². The van der Waals surface area contributed by atoms with E-state index in [2.05, 4.69) is 36.0 Å². The van der Waals surface area contributed by atoms with Crippen LogP contribution < -0.4 is 5.32 Å². The van der Waals surface area contributed by atoms with E-state index in [9.17, 15) is 4.39 Å². The summed E-state index contributed by atoms with van der Waals surface area (Å²) in [6, 6.07) is 1.53. The van der Waals surface area contributed by atoms with Crippen LogP contribution in [0.15, 0.2) is 18.5 Å². The molecule has 0 saturated carbocycles. The summed E-state index contributed by atoms with van der Waals surface area (Å²) in [7, 11) is 2.02. The van der Waals surface area contributed by atoms with Crippen LogP contribution in [0.2, 0.25) is 0 Å². The van der Waals surface area contributed by atoms with E-state index in [1.807, 2.05) is 7.05 Å². The van der Waals surface area contributed by atoms with Crippen molar-refractivity contribution >= 4 is 0 Å². The maximum Gasteiger partial charge on any atom is 0.141 e. The molecule has 1 rings (SSSR count). The molecule has 0 saturated heterocycles. The van der Waals surface area contributed by atoms with E-state index in [0.29, 0.717) is 0 Å². The maximum atomic E-state index is 12.9. The highest BCUT2D eigenvalue weighted by Crippen LogP contribution is 2.04. The lowest BCUT2D eigenvalue weighted by Gasteiger charge is -2.23. The van der Waals surface area contributed by atoms with Crippen molar-refractivity contribution in [2.75, 3.05) is 20.1 Å². The summed E-state index contributed by atoms with van der Waals surface area (Å²) in [5, 5.41) is 3.42. The predicted molar refractivity (Wildman–Crippen MR) is 68.3 cm³/mol. The van der Waals surface area contributed by atoms with E-state index in [1.165, 1.54) is 12.3 Å². The van der Waals surface area contributed by atoms with Gasteiger partial charge in [0.05, 0.1) is 6.20 Å². The van der Waals surface area contributed by atoms with Gasteiger partial charge in [0, 0.05) is 31.4 Å². The molecule has 17 heavy (non-hydrogen) atoms. The third kappa shape index (κ3) is 6.34. The van der Waals surface area contributed by atoms with Gasteiger partial charge in [0.25, 0.3) is 0 Å². The van der Waals surface area contributed by atoms with Crippen molar-refractivity contribution in [1.82, 2.24) is 15.2 Å². The van der Waals surface area contributed by atoms with E-state index < -0.39 is 0 Å². The molecule has 1 aromatic heterocycles. The predicted octanol–water partition coefficient (Wildman–Crippen LogP) is 2.04. The first-order chi connectivity index (χ1) is 7.87. The standard InChI is InChI=1S/C13H22FN3/c1-13(2,3)16-5-6-17(4)10-11-7-12(14)9-15-8-11/h7-9,16H,5-6,10H2,1-4H3. The Hall–Kier alpha value is -1.00. The van der Waals surface area contributed by atoms with Crippen LogP contribution in [-0.2, 0) is 6.54 Å². The Morgan fingerprint density at radius 3 is 2.65 bits per heavy atom. The fourth-order valence-corrected chi connectivity index (χ4v) is 1.55. The Bertz CT molecular complexity index is 347. The summed E-state index contributed by atoms with van der Waals surface area (Å²) in [6.07, 6.45) is 2.93. The van der Waals surface area contributed by atoms with E-state index in [0.717, 1.165) is 25.2 Å². The number of aromatic nitrogens is 1.